The average molecular weight is 347 g/mol. The number of benzene rings is 1. The van der Waals surface area contributed by atoms with E-state index in [1.807, 2.05) is 13.8 Å². The van der Waals surface area contributed by atoms with Crippen LogP contribution in [-0.4, -0.2) is 38.5 Å². The second-order valence-electron chi connectivity index (χ2n) is 6.59. The van der Waals surface area contributed by atoms with Crippen LogP contribution in [0.1, 0.15) is 25.8 Å². The number of nitrogens with zero attached hydrogens (tertiary/aromatic N) is 1. The van der Waals surface area contributed by atoms with Crippen LogP contribution in [0.4, 0.5) is 0 Å². The summed E-state index contributed by atoms with van der Waals surface area (Å²) in [4.78, 5) is 0.359. The minimum Gasteiger partial charge on any atom is -0.493 e. The minimum absolute atomic E-state index is 0. The first-order valence-corrected chi connectivity index (χ1v) is 8.76. The van der Waals surface area contributed by atoms with Gasteiger partial charge >= 0.3 is 0 Å². The summed E-state index contributed by atoms with van der Waals surface area (Å²) >= 11 is 0. The van der Waals surface area contributed by atoms with Gasteiger partial charge in [-0.1, -0.05) is 13.8 Å². The van der Waals surface area contributed by atoms with Crippen molar-refractivity contribution in [2.75, 3.05) is 19.7 Å². The smallest absolute Gasteiger partial charge is 0.243 e. The van der Waals surface area contributed by atoms with Crippen LogP contribution in [0.25, 0.3) is 0 Å². The zero-order valence-electron chi connectivity index (χ0n) is 12.9. The molecule has 3 rings (SSSR count). The standard InChI is InChI=1S/C15H22N2O3S.ClH/c1-15(2)10-17(7-5-14(15)16)21(18,19)12-3-4-13-11(9-12)6-8-20-13;/h3-4,9,14H,5-8,10,16H2,1-2H3;1H. The van der Waals surface area contributed by atoms with Gasteiger partial charge in [0.15, 0.2) is 0 Å². The van der Waals surface area contributed by atoms with E-state index in [4.69, 9.17) is 10.5 Å². The number of sulfonamides is 1. The topological polar surface area (TPSA) is 72.6 Å². The van der Waals surface area contributed by atoms with Gasteiger partial charge in [0.25, 0.3) is 0 Å². The molecule has 0 saturated carbocycles. The molecule has 124 valence electrons. The Labute approximate surface area is 138 Å². The summed E-state index contributed by atoms with van der Waals surface area (Å²) in [6.45, 7) is 5.63. The highest BCUT2D eigenvalue weighted by molar-refractivity contribution is 7.89. The quantitative estimate of drug-likeness (QED) is 0.886. The van der Waals surface area contributed by atoms with Gasteiger partial charge in [-0.25, -0.2) is 8.42 Å². The third-order valence-corrected chi connectivity index (χ3v) is 6.42. The fourth-order valence-corrected chi connectivity index (χ4v) is 4.68. The molecule has 7 heteroatoms. The van der Waals surface area contributed by atoms with Crippen molar-refractivity contribution in [1.82, 2.24) is 4.31 Å². The fourth-order valence-electron chi connectivity index (χ4n) is 3.00. The second-order valence-corrected chi connectivity index (χ2v) is 8.53. The molecule has 2 aliphatic heterocycles. The molecule has 1 saturated heterocycles. The number of rotatable bonds is 2. The van der Waals surface area contributed by atoms with E-state index < -0.39 is 10.0 Å². The zero-order chi connectivity index (χ0) is 15.3. The van der Waals surface area contributed by atoms with Crippen LogP contribution in [0.5, 0.6) is 5.75 Å². The molecule has 0 bridgehead atoms. The van der Waals surface area contributed by atoms with Crippen molar-refractivity contribution in [2.45, 2.75) is 37.6 Å². The highest BCUT2D eigenvalue weighted by Gasteiger charge is 2.39. The van der Waals surface area contributed by atoms with Crippen molar-refractivity contribution < 1.29 is 13.2 Å². The molecule has 1 aromatic carbocycles. The molecule has 0 spiro atoms. The van der Waals surface area contributed by atoms with Gasteiger partial charge in [-0.15, -0.1) is 12.4 Å². The first-order chi connectivity index (χ1) is 9.80. The molecule has 0 aliphatic carbocycles. The van der Waals surface area contributed by atoms with Crippen molar-refractivity contribution in [3.8, 4) is 5.75 Å². The van der Waals surface area contributed by atoms with Crippen molar-refractivity contribution >= 4 is 22.4 Å². The van der Waals surface area contributed by atoms with E-state index in [1.165, 1.54) is 0 Å². The largest absolute Gasteiger partial charge is 0.493 e. The van der Waals surface area contributed by atoms with Gasteiger partial charge in [0.1, 0.15) is 5.75 Å². The van der Waals surface area contributed by atoms with Crippen molar-refractivity contribution in [1.29, 1.82) is 0 Å². The molecule has 2 N–H and O–H groups in total. The lowest BCUT2D eigenvalue weighted by atomic mass is 9.81. The van der Waals surface area contributed by atoms with Gasteiger partial charge in [0, 0.05) is 25.6 Å². The molecular formula is C15H23ClN2O3S. The minimum atomic E-state index is -3.46. The van der Waals surface area contributed by atoms with Crippen LogP contribution >= 0.6 is 12.4 Å². The molecule has 5 nitrogen and oxygen atoms in total. The fraction of sp³-hybridized carbons (Fsp3) is 0.600. The number of nitrogens with two attached hydrogens (primary N) is 1. The van der Waals surface area contributed by atoms with Crippen molar-refractivity contribution in [2.24, 2.45) is 11.1 Å². The van der Waals surface area contributed by atoms with E-state index in [1.54, 1.807) is 22.5 Å². The lowest BCUT2D eigenvalue weighted by molar-refractivity contribution is 0.155. The number of fused-ring (bicyclic) bond motifs is 1. The normalized spacial score (nSPS) is 24.2. The highest BCUT2D eigenvalue weighted by atomic mass is 35.5. The summed E-state index contributed by atoms with van der Waals surface area (Å²) in [5.74, 6) is 0.801. The SMILES string of the molecule is CC1(C)CN(S(=O)(=O)c2ccc3c(c2)CCO3)CCC1N.Cl. The van der Waals surface area contributed by atoms with Gasteiger partial charge in [0.2, 0.25) is 10.0 Å². The molecule has 1 fully saturated rings. The van der Waals surface area contributed by atoms with E-state index in [-0.39, 0.29) is 23.9 Å². The van der Waals surface area contributed by atoms with E-state index >= 15 is 0 Å². The summed E-state index contributed by atoms with van der Waals surface area (Å²) < 4.78 is 32.6. The molecule has 2 heterocycles. The Bertz CT molecular complexity index is 661. The maximum absolute atomic E-state index is 12.8. The van der Waals surface area contributed by atoms with Crippen LogP contribution in [0.15, 0.2) is 23.1 Å². The predicted octanol–water partition coefficient (Wildman–Crippen LogP) is 1.79. The first kappa shape index (κ1) is 17.5. The van der Waals surface area contributed by atoms with Crippen LogP contribution in [0, 0.1) is 5.41 Å². The maximum atomic E-state index is 12.8. The molecular weight excluding hydrogens is 324 g/mol. The number of ether oxygens (including phenoxy) is 1. The van der Waals surface area contributed by atoms with E-state index in [9.17, 15) is 8.42 Å². The van der Waals surface area contributed by atoms with Gasteiger partial charge in [-0.2, -0.15) is 4.31 Å². The monoisotopic (exact) mass is 346 g/mol. The zero-order valence-corrected chi connectivity index (χ0v) is 14.5. The average Bonchev–Trinajstić information content (AvgIpc) is 2.88. The number of halogens is 1. The molecule has 0 aromatic heterocycles. The van der Waals surface area contributed by atoms with Gasteiger partial charge in [-0.3, -0.25) is 0 Å². The number of hydrogen-bond acceptors (Lipinski definition) is 4. The third kappa shape index (κ3) is 2.97. The Kier molecular flexibility index (Phi) is 4.78. The highest BCUT2D eigenvalue weighted by Crippen LogP contribution is 2.33. The van der Waals surface area contributed by atoms with Gasteiger partial charge in [0.05, 0.1) is 11.5 Å². The maximum Gasteiger partial charge on any atom is 0.243 e. The van der Waals surface area contributed by atoms with E-state index in [0.717, 1.165) is 17.7 Å². The van der Waals surface area contributed by atoms with E-state index in [0.29, 0.717) is 31.0 Å². The van der Waals surface area contributed by atoms with Crippen molar-refractivity contribution in [3.63, 3.8) is 0 Å². The Morgan fingerprint density at radius 2 is 2.09 bits per heavy atom. The predicted molar refractivity (Wildman–Crippen MR) is 88.0 cm³/mol. The van der Waals surface area contributed by atoms with Crippen LogP contribution in [-0.2, 0) is 16.4 Å². The van der Waals surface area contributed by atoms with E-state index in [2.05, 4.69) is 0 Å². The van der Waals surface area contributed by atoms with Crippen LogP contribution in [0.2, 0.25) is 0 Å². The number of hydrogen-bond donors (Lipinski definition) is 1. The molecule has 1 aromatic rings. The molecule has 0 radical (unpaired) electrons. The van der Waals surface area contributed by atoms with Gasteiger partial charge < -0.3 is 10.5 Å². The number of piperidine rings is 1. The molecule has 2 aliphatic rings. The summed E-state index contributed by atoms with van der Waals surface area (Å²) in [6.07, 6.45) is 1.47. The Morgan fingerprint density at radius 3 is 2.77 bits per heavy atom. The van der Waals surface area contributed by atoms with Crippen LogP contribution in [0.3, 0.4) is 0 Å². The Morgan fingerprint density at radius 1 is 1.36 bits per heavy atom. The van der Waals surface area contributed by atoms with Crippen molar-refractivity contribution in [3.05, 3.63) is 23.8 Å². The third-order valence-electron chi connectivity index (χ3n) is 4.58. The molecule has 0 amide bonds. The Hall–Kier alpha value is -0.820. The molecule has 22 heavy (non-hydrogen) atoms. The van der Waals surface area contributed by atoms with Gasteiger partial charge in [-0.05, 0) is 35.6 Å². The lowest BCUT2D eigenvalue weighted by Gasteiger charge is -2.41. The van der Waals surface area contributed by atoms with Crippen LogP contribution < -0.4 is 10.5 Å². The molecule has 1 atom stereocenters. The summed E-state index contributed by atoms with van der Waals surface area (Å²) in [6, 6.07) is 5.19. The Balaban J connectivity index is 0.00000176. The second kappa shape index (κ2) is 6.00. The lowest BCUT2D eigenvalue weighted by Crippen LogP contribution is -2.53. The summed E-state index contributed by atoms with van der Waals surface area (Å²) in [5, 5.41) is 0. The molecule has 1 unspecified atom stereocenters. The first-order valence-electron chi connectivity index (χ1n) is 7.32. The summed E-state index contributed by atoms with van der Waals surface area (Å²) in [5.41, 5.74) is 6.87. The summed E-state index contributed by atoms with van der Waals surface area (Å²) in [7, 11) is -3.46.